The van der Waals surface area contributed by atoms with Gasteiger partial charge in [0.05, 0.1) is 4.92 Å². The molecule has 0 bridgehead atoms. The Labute approximate surface area is 122 Å². The van der Waals surface area contributed by atoms with Crippen molar-refractivity contribution in [1.29, 1.82) is 0 Å². The van der Waals surface area contributed by atoms with E-state index in [1.54, 1.807) is 11.0 Å². The number of pyridine rings is 1. The second-order valence-electron chi connectivity index (χ2n) is 5.07. The van der Waals surface area contributed by atoms with Gasteiger partial charge < -0.3 is 15.5 Å². The number of hydrogen-bond donors (Lipinski definition) is 1. The molecule has 0 aromatic carbocycles. The van der Waals surface area contributed by atoms with Crippen molar-refractivity contribution < 1.29 is 9.72 Å². The van der Waals surface area contributed by atoms with Crippen LogP contribution in [0.5, 0.6) is 0 Å². The minimum absolute atomic E-state index is 0.00685. The summed E-state index contributed by atoms with van der Waals surface area (Å²) < 4.78 is 0. The monoisotopic (exact) mass is 293 g/mol. The van der Waals surface area contributed by atoms with E-state index in [4.69, 9.17) is 5.73 Å². The Morgan fingerprint density at radius 2 is 2.14 bits per heavy atom. The fraction of sp³-hybridized carbons (Fsp3) is 0.538. The summed E-state index contributed by atoms with van der Waals surface area (Å²) in [5.74, 6) is -0.145. The van der Waals surface area contributed by atoms with Crippen LogP contribution in [0.15, 0.2) is 18.5 Å². The third-order valence-corrected chi connectivity index (χ3v) is 3.68. The van der Waals surface area contributed by atoms with Crippen molar-refractivity contribution in [2.45, 2.75) is 6.92 Å². The first kappa shape index (κ1) is 15.2. The molecule has 1 unspecified atom stereocenters. The van der Waals surface area contributed by atoms with Crippen LogP contribution in [-0.2, 0) is 4.79 Å². The molecule has 1 aromatic heterocycles. The van der Waals surface area contributed by atoms with Crippen LogP contribution < -0.4 is 10.6 Å². The van der Waals surface area contributed by atoms with E-state index < -0.39 is 4.92 Å². The summed E-state index contributed by atoms with van der Waals surface area (Å²) in [7, 11) is 0. The molecular weight excluding hydrogens is 274 g/mol. The van der Waals surface area contributed by atoms with Crippen molar-refractivity contribution in [1.82, 2.24) is 9.88 Å². The van der Waals surface area contributed by atoms with E-state index in [1.165, 1.54) is 12.4 Å². The van der Waals surface area contributed by atoms with Crippen LogP contribution in [0, 0.1) is 16.0 Å². The Hall–Kier alpha value is -2.22. The Balaban J connectivity index is 2.05. The number of nitrogens with zero attached hydrogens (tertiary/aromatic N) is 4. The largest absolute Gasteiger partial charge is 0.362 e. The van der Waals surface area contributed by atoms with E-state index in [0.29, 0.717) is 38.4 Å². The smallest absolute Gasteiger partial charge is 0.310 e. The maximum Gasteiger partial charge on any atom is 0.310 e. The van der Waals surface area contributed by atoms with Gasteiger partial charge in [0.15, 0.2) is 0 Å². The molecule has 2 heterocycles. The molecule has 0 spiro atoms. The third-order valence-electron chi connectivity index (χ3n) is 3.68. The average Bonchev–Trinajstić information content (AvgIpc) is 2.53. The number of anilines is 1. The molecule has 8 heteroatoms. The standard InChI is InChI=1S/C13H19N5O3/c1-10(8-14)13(19)17-6-4-16(5-7-17)11-2-3-15-9-12(11)18(20)21/h2-3,9-10H,4-8,14H2,1H3. The van der Waals surface area contributed by atoms with Gasteiger partial charge in [0, 0.05) is 44.8 Å². The van der Waals surface area contributed by atoms with Gasteiger partial charge in [-0.3, -0.25) is 19.9 Å². The topological polar surface area (TPSA) is 106 Å². The SMILES string of the molecule is CC(CN)C(=O)N1CCN(c2ccncc2[N+](=O)[O-])CC1. The Kier molecular flexibility index (Phi) is 4.69. The zero-order valence-electron chi connectivity index (χ0n) is 11.9. The summed E-state index contributed by atoms with van der Waals surface area (Å²) in [6.07, 6.45) is 2.79. The summed E-state index contributed by atoms with van der Waals surface area (Å²) in [4.78, 5) is 30.1. The molecule has 0 saturated carbocycles. The van der Waals surface area contributed by atoms with Crippen LogP contribution in [0.25, 0.3) is 0 Å². The highest BCUT2D eigenvalue weighted by Gasteiger charge is 2.27. The van der Waals surface area contributed by atoms with Gasteiger partial charge >= 0.3 is 5.69 Å². The second kappa shape index (κ2) is 6.49. The Bertz CT molecular complexity index is 528. The van der Waals surface area contributed by atoms with Crippen molar-refractivity contribution in [3.05, 3.63) is 28.6 Å². The third kappa shape index (κ3) is 3.27. The van der Waals surface area contributed by atoms with Crippen LogP contribution in [0.4, 0.5) is 11.4 Å². The van der Waals surface area contributed by atoms with E-state index >= 15 is 0 Å². The van der Waals surface area contributed by atoms with E-state index in [9.17, 15) is 14.9 Å². The summed E-state index contributed by atoms with van der Waals surface area (Å²) in [5.41, 5.74) is 6.05. The van der Waals surface area contributed by atoms with Crippen LogP contribution in [0.1, 0.15) is 6.92 Å². The van der Waals surface area contributed by atoms with Crippen LogP contribution in [-0.4, -0.2) is 53.4 Å². The molecule has 1 fully saturated rings. The predicted octanol–water partition coefficient (Wildman–Crippen LogP) is 0.233. The van der Waals surface area contributed by atoms with Gasteiger partial charge in [0.2, 0.25) is 5.91 Å². The van der Waals surface area contributed by atoms with E-state index in [0.717, 1.165) is 0 Å². The summed E-state index contributed by atoms with van der Waals surface area (Å²) in [6, 6.07) is 1.64. The number of hydrogen-bond acceptors (Lipinski definition) is 6. The van der Waals surface area contributed by atoms with Gasteiger partial charge in [0.1, 0.15) is 11.9 Å². The minimum atomic E-state index is -0.434. The maximum absolute atomic E-state index is 12.1. The van der Waals surface area contributed by atoms with Gasteiger partial charge in [-0.15, -0.1) is 0 Å². The van der Waals surface area contributed by atoms with Gasteiger partial charge in [-0.2, -0.15) is 0 Å². The van der Waals surface area contributed by atoms with Gasteiger partial charge in [-0.25, -0.2) is 0 Å². The zero-order chi connectivity index (χ0) is 15.4. The highest BCUT2D eigenvalue weighted by Crippen LogP contribution is 2.27. The normalized spacial score (nSPS) is 16.7. The maximum atomic E-state index is 12.1. The molecule has 0 aliphatic carbocycles. The molecule has 1 atom stereocenters. The van der Waals surface area contributed by atoms with Crippen molar-refractivity contribution in [3.63, 3.8) is 0 Å². The van der Waals surface area contributed by atoms with Crippen molar-refractivity contribution in [2.24, 2.45) is 11.7 Å². The number of carbonyl (C=O) groups excluding carboxylic acids is 1. The fourth-order valence-corrected chi connectivity index (χ4v) is 2.37. The van der Waals surface area contributed by atoms with Crippen LogP contribution in [0.2, 0.25) is 0 Å². The van der Waals surface area contributed by atoms with Crippen molar-refractivity contribution in [2.75, 3.05) is 37.6 Å². The minimum Gasteiger partial charge on any atom is -0.362 e. The first-order valence-corrected chi connectivity index (χ1v) is 6.86. The number of nitrogens with two attached hydrogens (primary N) is 1. The molecule has 1 aromatic rings. The van der Waals surface area contributed by atoms with Gasteiger partial charge in [-0.1, -0.05) is 6.92 Å². The molecule has 114 valence electrons. The van der Waals surface area contributed by atoms with Crippen molar-refractivity contribution >= 4 is 17.3 Å². The highest BCUT2D eigenvalue weighted by molar-refractivity contribution is 5.79. The Morgan fingerprint density at radius 3 is 2.71 bits per heavy atom. The molecule has 0 radical (unpaired) electrons. The van der Waals surface area contributed by atoms with Crippen molar-refractivity contribution in [3.8, 4) is 0 Å². The molecule has 1 saturated heterocycles. The summed E-state index contributed by atoms with van der Waals surface area (Å²) >= 11 is 0. The van der Waals surface area contributed by atoms with Gasteiger partial charge in [0.25, 0.3) is 0 Å². The quantitative estimate of drug-likeness (QED) is 0.629. The first-order valence-electron chi connectivity index (χ1n) is 6.86. The number of piperazine rings is 1. The number of nitro groups is 1. The number of aromatic nitrogens is 1. The van der Waals surface area contributed by atoms with Crippen LogP contribution >= 0.6 is 0 Å². The Morgan fingerprint density at radius 1 is 1.48 bits per heavy atom. The second-order valence-corrected chi connectivity index (χ2v) is 5.07. The van der Waals surface area contributed by atoms with Gasteiger partial charge in [-0.05, 0) is 6.07 Å². The van der Waals surface area contributed by atoms with E-state index in [2.05, 4.69) is 4.98 Å². The molecule has 1 aliphatic rings. The lowest BCUT2D eigenvalue weighted by atomic mass is 10.1. The van der Waals surface area contributed by atoms with E-state index in [1.807, 2.05) is 11.8 Å². The van der Waals surface area contributed by atoms with E-state index in [-0.39, 0.29) is 17.5 Å². The molecular formula is C13H19N5O3. The average molecular weight is 293 g/mol. The summed E-state index contributed by atoms with van der Waals surface area (Å²) in [6.45, 7) is 4.35. The highest BCUT2D eigenvalue weighted by atomic mass is 16.6. The molecule has 1 amide bonds. The lowest BCUT2D eigenvalue weighted by molar-refractivity contribution is -0.384. The predicted molar refractivity (Wildman–Crippen MR) is 77.9 cm³/mol. The fourth-order valence-electron chi connectivity index (χ4n) is 2.37. The molecule has 2 rings (SSSR count). The first-order chi connectivity index (χ1) is 10.0. The number of carbonyl (C=O) groups is 1. The number of amides is 1. The lowest BCUT2D eigenvalue weighted by Gasteiger charge is -2.36. The lowest BCUT2D eigenvalue weighted by Crippen LogP contribution is -2.51. The molecule has 21 heavy (non-hydrogen) atoms. The number of rotatable bonds is 4. The molecule has 1 aliphatic heterocycles. The molecule has 8 nitrogen and oxygen atoms in total. The zero-order valence-corrected chi connectivity index (χ0v) is 11.9. The molecule has 2 N–H and O–H groups in total. The summed E-state index contributed by atoms with van der Waals surface area (Å²) in [5, 5.41) is 11.0. The van der Waals surface area contributed by atoms with Crippen LogP contribution in [0.3, 0.4) is 0 Å².